The van der Waals surface area contributed by atoms with Crippen molar-refractivity contribution in [1.29, 1.82) is 0 Å². The van der Waals surface area contributed by atoms with Crippen LogP contribution in [-0.2, 0) is 23.6 Å². The van der Waals surface area contributed by atoms with Crippen molar-refractivity contribution < 1.29 is 38.1 Å². The van der Waals surface area contributed by atoms with Crippen LogP contribution in [0.5, 0.6) is 11.8 Å². The summed E-state index contributed by atoms with van der Waals surface area (Å²) in [5.74, 6) is 1.48. The summed E-state index contributed by atoms with van der Waals surface area (Å²) in [5, 5.41) is 30.3. The number of nitrogens with one attached hydrogen (secondary N) is 2. The number of anilines is 2. The zero-order valence-electron chi connectivity index (χ0n) is 39.7. The number of amides is 4. The van der Waals surface area contributed by atoms with Crippen molar-refractivity contribution in [3.63, 3.8) is 0 Å². The van der Waals surface area contributed by atoms with Crippen molar-refractivity contribution in [2.75, 3.05) is 51.0 Å². The highest BCUT2D eigenvalue weighted by Crippen LogP contribution is 2.30. The summed E-state index contributed by atoms with van der Waals surface area (Å²) in [6.45, 7) is 13.2. The molecule has 8 heterocycles. The Morgan fingerprint density at radius 2 is 1.01 bits per heavy atom. The number of pyridine rings is 2. The maximum atomic E-state index is 12.7. The maximum Gasteiger partial charge on any atom is 0.410 e. The molecule has 2 atom stereocenters. The van der Waals surface area contributed by atoms with Crippen LogP contribution in [-0.4, -0.2) is 144 Å². The lowest BCUT2D eigenvalue weighted by molar-refractivity contribution is 0.0278. The van der Waals surface area contributed by atoms with Gasteiger partial charge in [-0.25, -0.2) is 19.6 Å². The topological polar surface area (TPSA) is 259 Å². The quantitative estimate of drug-likeness (QED) is 0.182. The fourth-order valence-corrected chi connectivity index (χ4v) is 7.48. The smallest absolute Gasteiger partial charge is 0.410 e. The van der Waals surface area contributed by atoms with E-state index in [1.807, 2.05) is 50.7 Å². The van der Waals surface area contributed by atoms with Crippen LogP contribution in [0.15, 0.2) is 61.4 Å². The van der Waals surface area contributed by atoms with E-state index >= 15 is 0 Å². The number of hydrogen-bond donors (Lipinski definition) is 2. The monoisotopic (exact) mass is 936 g/mol. The molecule has 2 saturated heterocycles. The third-order valence-electron chi connectivity index (χ3n) is 10.5. The van der Waals surface area contributed by atoms with Gasteiger partial charge in [-0.2, -0.15) is 0 Å². The molecular formula is C44H56N16O8. The number of aryl methyl sites for hydroxylation is 2. The Bertz CT molecular complexity index is 2580. The third kappa shape index (κ3) is 11.5. The van der Waals surface area contributed by atoms with Crippen LogP contribution < -0.4 is 20.1 Å². The average molecular weight is 937 g/mol. The molecule has 2 aliphatic rings. The molecule has 2 fully saturated rings. The number of likely N-dealkylation sites (tertiary alicyclic amines) is 2. The molecule has 4 amide bonds. The van der Waals surface area contributed by atoms with E-state index in [9.17, 15) is 19.2 Å². The standard InChI is InChI=1S/2C22H28N8O4/c2*1-22(2,3)34-21(32)29-10-9-14(11-29)30-13-23-26-18(30)16-7-6-8-17(24-16)25-19(31)15-12-28(4)27-20(15)33-5/h2*6-8,12-14H,9-11H2,1-5H3,(H,24,25,31)/t14-;/m0./s1. The fraction of sp³-hybridized carbons (Fsp3) is 0.455. The van der Waals surface area contributed by atoms with E-state index in [0.717, 1.165) is 12.8 Å². The van der Waals surface area contributed by atoms with Crippen LogP contribution in [0.4, 0.5) is 21.2 Å². The molecule has 0 spiro atoms. The van der Waals surface area contributed by atoms with Crippen molar-refractivity contribution in [3.8, 4) is 34.8 Å². The summed E-state index contributed by atoms with van der Waals surface area (Å²) in [4.78, 5) is 62.8. The Labute approximate surface area is 391 Å². The molecule has 24 heteroatoms. The second-order valence-corrected chi connectivity index (χ2v) is 18.0. The van der Waals surface area contributed by atoms with Crippen LogP contribution in [0.25, 0.3) is 23.0 Å². The lowest BCUT2D eigenvalue weighted by Crippen LogP contribution is -2.35. The highest BCUT2D eigenvalue weighted by atomic mass is 16.6. The Morgan fingerprint density at radius 1 is 0.618 bits per heavy atom. The minimum Gasteiger partial charge on any atom is -0.479 e. The van der Waals surface area contributed by atoms with Gasteiger partial charge < -0.3 is 48.5 Å². The lowest BCUT2D eigenvalue weighted by Gasteiger charge is -2.24. The SMILES string of the molecule is COc1nn(C)cc1C(=O)Nc1cccc(-c2nncn2C2CCN(C(=O)OC(C)(C)C)C2)n1.COc1nn(C)cc1C(=O)Nc1cccc(-c2nncn2[C@H]2CCN(C(=O)OC(C)(C)C)C2)n1. The van der Waals surface area contributed by atoms with E-state index in [2.05, 4.69) is 51.2 Å². The van der Waals surface area contributed by atoms with Crippen molar-refractivity contribution in [2.24, 2.45) is 14.1 Å². The van der Waals surface area contributed by atoms with Gasteiger partial charge in [-0.1, -0.05) is 12.1 Å². The summed E-state index contributed by atoms with van der Waals surface area (Å²) in [5.41, 5.74) is 0.590. The molecule has 360 valence electrons. The zero-order valence-corrected chi connectivity index (χ0v) is 39.7. The van der Waals surface area contributed by atoms with Gasteiger partial charge in [0.1, 0.15) is 58.0 Å². The second kappa shape index (κ2) is 19.9. The predicted octanol–water partition coefficient (Wildman–Crippen LogP) is 5.03. The Hall–Kier alpha value is -7.92. The number of nitrogens with zero attached hydrogens (tertiary/aromatic N) is 14. The lowest BCUT2D eigenvalue weighted by atomic mass is 10.2. The van der Waals surface area contributed by atoms with E-state index in [0.29, 0.717) is 72.0 Å². The molecule has 6 aromatic rings. The van der Waals surface area contributed by atoms with E-state index in [4.69, 9.17) is 18.9 Å². The average Bonchev–Trinajstić information content (AvgIpc) is 4.14. The summed E-state index contributed by atoms with van der Waals surface area (Å²) in [6, 6.07) is 10.5. The first-order valence-electron chi connectivity index (χ1n) is 21.8. The third-order valence-corrected chi connectivity index (χ3v) is 10.5. The van der Waals surface area contributed by atoms with Crippen LogP contribution >= 0.6 is 0 Å². The largest absolute Gasteiger partial charge is 0.479 e. The van der Waals surface area contributed by atoms with Gasteiger partial charge in [0.2, 0.25) is 11.8 Å². The maximum absolute atomic E-state index is 12.7. The molecule has 8 rings (SSSR count). The van der Waals surface area contributed by atoms with Crippen molar-refractivity contribution in [2.45, 2.75) is 77.7 Å². The van der Waals surface area contributed by atoms with Gasteiger partial charge in [-0.05, 0) is 78.6 Å². The first-order chi connectivity index (χ1) is 32.3. The minimum absolute atomic E-state index is 0.0165. The van der Waals surface area contributed by atoms with E-state index in [1.54, 1.807) is 85.3 Å². The number of carbonyl (C=O) groups excluding carboxylic acids is 4. The number of ether oxygens (including phenoxy) is 4. The molecule has 1 unspecified atom stereocenters. The molecule has 0 saturated carbocycles. The van der Waals surface area contributed by atoms with E-state index in [1.165, 1.54) is 23.6 Å². The number of carbonyl (C=O) groups is 4. The Morgan fingerprint density at radius 3 is 1.38 bits per heavy atom. The molecule has 6 aromatic heterocycles. The summed E-state index contributed by atoms with van der Waals surface area (Å²) >= 11 is 0. The van der Waals surface area contributed by atoms with Gasteiger partial charge in [0.25, 0.3) is 11.8 Å². The first kappa shape index (κ1) is 48.0. The van der Waals surface area contributed by atoms with Gasteiger partial charge in [-0.3, -0.25) is 19.0 Å². The second-order valence-electron chi connectivity index (χ2n) is 18.0. The number of methoxy groups -OCH3 is 2. The summed E-state index contributed by atoms with van der Waals surface area (Å²) < 4.78 is 28.1. The van der Waals surface area contributed by atoms with Crippen LogP contribution in [0.2, 0.25) is 0 Å². The summed E-state index contributed by atoms with van der Waals surface area (Å²) in [6.07, 6.45) is 7.22. The number of aromatic nitrogens is 12. The van der Waals surface area contributed by atoms with Crippen molar-refractivity contribution >= 4 is 35.6 Å². The van der Waals surface area contributed by atoms with Gasteiger partial charge in [-0.15, -0.1) is 30.6 Å². The number of rotatable bonds is 10. The van der Waals surface area contributed by atoms with Gasteiger partial charge >= 0.3 is 12.2 Å². The molecular weight excluding hydrogens is 881 g/mol. The normalized spacial score (nSPS) is 15.9. The molecule has 68 heavy (non-hydrogen) atoms. The van der Waals surface area contributed by atoms with E-state index in [-0.39, 0.29) is 47.8 Å². The zero-order chi connectivity index (χ0) is 48.9. The molecule has 2 aliphatic heterocycles. The van der Waals surface area contributed by atoms with E-state index < -0.39 is 11.2 Å². The molecule has 0 radical (unpaired) electrons. The number of hydrogen-bond acceptors (Lipinski definition) is 16. The molecule has 0 bridgehead atoms. The van der Waals surface area contributed by atoms with Gasteiger partial charge in [0.15, 0.2) is 11.6 Å². The molecule has 2 N–H and O–H groups in total. The Kier molecular flexibility index (Phi) is 14.1. The Balaban J connectivity index is 0.000000201. The highest BCUT2D eigenvalue weighted by molar-refractivity contribution is 6.06. The van der Waals surface area contributed by atoms with Crippen molar-refractivity contribution in [1.82, 2.24) is 68.9 Å². The summed E-state index contributed by atoms with van der Waals surface area (Å²) in [7, 11) is 6.32. The van der Waals surface area contributed by atoms with Crippen molar-refractivity contribution in [3.05, 3.63) is 72.6 Å². The fourth-order valence-electron chi connectivity index (χ4n) is 7.48. The highest BCUT2D eigenvalue weighted by Gasteiger charge is 2.34. The predicted molar refractivity (Wildman–Crippen MR) is 245 cm³/mol. The van der Waals surface area contributed by atoms with Gasteiger partial charge in [0, 0.05) is 52.7 Å². The molecule has 0 aromatic carbocycles. The van der Waals surface area contributed by atoms with Crippen LogP contribution in [0.1, 0.15) is 87.2 Å². The van der Waals surface area contributed by atoms with Crippen LogP contribution in [0, 0.1) is 0 Å². The molecule has 0 aliphatic carbocycles. The van der Waals surface area contributed by atoms with Crippen LogP contribution in [0.3, 0.4) is 0 Å². The minimum atomic E-state index is -0.550. The molecule has 24 nitrogen and oxygen atoms in total. The van der Waals surface area contributed by atoms with Gasteiger partial charge in [0.05, 0.1) is 26.3 Å². The first-order valence-corrected chi connectivity index (χ1v) is 21.8.